The van der Waals surface area contributed by atoms with E-state index in [1.54, 1.807) is 0 Å². The van der Waals surface area contributed by atoms with Crippen LogP contribution in [0.2, 0.25) is 0 Å². The SMILES string of the molecule is CC12CCC(C(=O)NCCN3CCOCC3)(C(=O)C1=O)C2(C)C. The summed E-state index contributed by atoms with van der Waals surface area (Å²) in [6, 6.07) is 0. The molecule has 2 saturated carbocycles. The monoisotopic (exact) mass is 322 g/mol. The van der Waals surface area contributed by atoms with Crippen LogP contribution in [-0.2, 0) is 19.1 Å². The Balaban J connectivity index is 1.69. The molecule has 1 saturated heterocycles. The first-order valence-electron chi connectivity index (χ1n) is 8.45. The third-order valence-electron chi connectivity index (χ3n) is 6.75. The van der Waals surface area contributed by atoms with Crippen molar-refractivity contribution < 1.29 is 19.1 Å². The quantitative estimate of drug-likeness (QED) is 0.599. The summed E-state index contributed by atoms with van der Waals surface area (Å²) >= 11 is 0. The van der Waals surface area contributed by atoms with Crippen molar-refractivity contribution in [1.82, 2.24) is 10.2 Å². The highest BCUT2D eigenvalue weighted by Crippen LogP contribution is 2.68. The van der Waals surface area contributed by atoms with Gasteiger partial charge in [0.2, 0.25) is 17.5 Å². The zero-order valence-electron chi connectivity index (χ0n) is 14.2. The summed E-state index contributed by atoms with van der Waals surface area (Å²) in [5, 5.41) is 2.92. The largest absolute Gasteiger partial charge is 0.379 e. The molecule has 0 radical (unpaired) electrons. The first-order valence-corrected chi connectivity index (χ1v) is 8.45. The Labute approximate surface area is 136 Å². The maximum absolute atomic E-state index is 12.9. The number of carbonyl (C=O) groups excluding carboxylic acids is 3. The van der Waals surface area contributed by atoms with E-state index in [2.05, 4.69) is 10.2 Å². The van der Waals surface area contributed by atoms with Crippen LogP contribution < -0.4 is 5.32 Å². The Hall–Kier alpha value is -1.27. The van der Waals surface area contributed by atoms with Gasteiger partial charge in [0.1, 0.15) is 5.41 Å². The molecule has 6 heteroatoms. The average Bonchev–Trinajstić information content (AvgIpc) is 2.80. The van der Waals surface area contributed by atoms with Crippen molar-refractivity contribution in [3.05, 3.63) is 0 Å². The van der Waals surface area contributed by atoms with E-state index in [1.807, 2.05) is 20.8 Å². The van der Waals surface area contributed by atoms with Gasteiger partial charge in [-0.2, -0.15) is 0 Å². The van der Waals surface area contributed by atoms with Gasteiger partial charge in [0.25, 0.3) is 0 Å². The Morgan fingerprint density at radius 3 is 2.35 bits per heavy atom. The molecule has 6 nitrogen and oxygen atoms in total. The molecule has 1 N–H and O–H groups in total. The smallest absolute Gasteiger partial charge is 0.234 e. The minimum absolute atomic E-state index is 0.268. The molecular formula is C17H26N2O4. The predicted octanol–water partition coefficient (Wildman–Crippen LogP) is 0.399. The molecule has 3 fully saturated rings. The van der Waals surface area contributed by atoms with Crippen LogP contribution in [0.3, 0.4) is 0 Å². The fraction of sp³-hybridized carbons (Fsp3) is 0.824. The van der Waals surface area contributed by atoms with E-state index in [-0.39, 0.29) is 11.7 Å². The number of amides is 1. The third-order valence-corrected chi connectivity index (χ3v) is 6.75. The van der Waals surface area contributed by atoms with Gasteiger partial charge >= 0.3 is 0 Å². The molecule has 1 amide bonds. The lowest BCUT2D eigenvalue weighted by Crippen LogP contribution is -2.52. The highest BCUT2D eigenvalue weighted by molar-refractivity contribution is 6.48. The van der Waals surface area contributed by atoms with Crippen LogP contribution in [0, 0.1) is 16.2 Å². The number of ketones is 2. The normalized spacial score (nSPS) is 36.5. The second-order valence-electron chi connectivity index (χ2n) is 7.73. The minimum Gasteiger partial charge on any atom is -0.379 e. The summed E-state index contributed by atoms with van der Waals surface area (Å²) in [7, 11) is 0. The van der Waals surface area contributed by atoms with Gasteiger partial charge in [-0.15, -0.1) is 0 Å². The van der Waals surface area contributed by atoms with Gasteiger partial charge in [0, 0.05) is 31.6 Å². The molecule has 0 spiro atoms. The second-order valence-corrected chi connectivity index (χ2v) is 7.73. The zero-order valence-corrected chi connectivity index (χ0v) is 14.2. The highest BCUT2D eigenvalue weighted by atomic mass is 16.5. The third kappa shape index (κ3) is 2.04. The molecule has 0 aromatic heterocycles. The van der Waals surface area contributed by atoms with E-state index in [0.717, 1.165) is 32.8 Å². The molecule has 1 aliphatic heterocycles. The van der Waals surface area contributed by atoms with Crippen molar-refractivity contribution in [2.45, 2.75) is 33.6 Å². The van der Waals surface area contributed by atoms with Crippen molar-refractivity contribution in [3.63, 3.8) is 0 Å². The molecule has 128 valence electrons. The lowest BCUT2D eigenvalue weighted by atomic mass is 9.64. The van der Waals surface area contributed by atoms with Crippen molar-refractivity contribution >= 4 is 17.5 Å². The van der Waals surface area contributed by atoms with Gasteiger partial charge in [0.05, 0.1) is 13.2 Å². The van der Waals surface area contributed by atoms with Crippen molar-refractivity contribution in [2.75, 3.05) is 39.4 Å². The van der Waals surface area contributed by atoms with Crippen molar-refractivity contribution in [1.29, 1.82) is 0 Å². The van der Waals surface area contributed by atoms with Crippen LogP contribution >= 0.6 is 0 Å². The van der Waals surface area contributed by atoms with E-state index in [4.69, 9.17) is 4.74 Å². The van der Waals surface area contributed by atoms with Gasteiger partial charge in [0.15, 0.2) is 0 Å². The zero-order chi connectivity index (χ0) is 16.9. The summed E-state index contributed by atoms with van der Waals surface area (Å²) in [5.74, 6) is -1.12. The highest BCUT2D eigenvalue weighted by Gasteiger charge is 2.77. The number of nitrogens with one attached hydrogen (secondary N) is 1. The van der Waals surface area contributed by atoms with Gasteiger partial charge in [-0.05, 0) is 18.3 Å². The summed E-state index contributed by atoms with van der Waals surface area (Å²) in [5.41, 5.74) is -2.51. The van der Waals surface area contributed by atoms with Crippen LogP contribution in [0.1, 0.15) is 33.6 Å². The molecular weight excluding hydrogens is 296 g/mol. The van der Waals surface area contributed by atoms with Crippen LogP contribution in [0.4, 0.5) is 0 Å². The van der Waals surface area contributed by atoms with E-state index in [0.29, 0.717) is 19.4 Å². The standard InChI is InChI=1S/C17H26N2O4/c1-15(2)16(3)4-5-17(15,13(21)12(16)20)14(22)18-6-7-19-8-10-23-11-9-19/h4-11H2,1-3H3,(H,18,22). The summed E-state index contributed by atoms with van der Waals surface area (Å²) in [6.45, 7) is 10.0. The maximum Gasteiger partial charge on any atom is 0.234 e. The summed E-state index contributed by atoms with van der Waals surface area (Å²) in [4.78, 5) is 40.0. The number of rotatable bonds is 4. The number of ether oxygens (including phenoxy) is 1. The molecule has 3 rings (SSSR count). The number of carbonyl (C=O) groups is 3. The molecule has 0 aromatic rings. The van der Waals surface area contributed by atoms with Crippen LogP contribution in [0.25, 0.3) is 0 Å². The molecule has 3 aliphatic rings. The number of hydrogen-bond acceptors (Lipinski definition) is 5. The van der Waals surface area contributed by atoms with E-state index in [1.165, 1.54) is 0 Å². The molecule has 1 heterocycles. The van der Waals surface area contributed by atoms with Crippen LogP contribution in [0.5, 0.6) is 0 Å². The van der Waals surface area contributed by atoms with Crippen LogP contribution in [0.15, 0.2) is 0 Å². The minimum atomic E-state index is -1.18. The molecule has 2 bridgehead atoms. The van der Waals surface area contributed by atoms with Crippen LogP contribution in [-0.4, -0.2) is 61.8 Å². The number of nitrogens with zero attached hydrogens (tertiary/aromatic N) is 1. The molecule has 2 atom stereocenters. The number of Topliss-reactive ketones (excluding diaryl/α,β-unsaturated/α-hetero) is 2. The van der Waals surface area contributed by atoms with Gasteiger partial charge in [-0.1, -0.05) is 20.8 Å². The predicted molar refractivity (Wildman–Crippen MR) is 83.8 cm³/mol. The Kier molecular flexibility index (Phi) is 3.88. The van der Waals surface area contributed by atoms with Gasteiger partial charge in [-0.25, -0.2) is 0 Å². The number of fused-ring (bicyclic) bond motifs is 2. The van der Waals surface area contributed by atoms with Gasteiger partial charge < -0.3 is 10.1 Å². The molecule has 2 unspecified atom stereocenters. The van der Waals surface area contributed by atoms with E-state index >= 15 is 0 Å². The van der Waals surface area contributed by atoms with Gasteiger partial charge in [-0.3, -0.25) is 19.3 Å². The second kappa shape index (κ2) is 5.38. The summed E-state index contributed by atoms with van der Waals surface area (Å²) < 4.78 is 5.30. The number of morpholine rings is 1. The fourth-order valence-electron chi connectivity index (χ4n) is 4.58. The fourth-order valence-corrected chi connectivity index (χ4v) is 4.58. The lowest BCUT2D eigenvalue weighted by Gasteiger charge is -2.37. The first kappa shape index (κ1) is 16.6. The van der Waals surface area contributed by atoms with Crippen molar-refractivity contribution in [2.24, 2.45) is 16.2 Å². The number of hydrogen-bond donors (Lipinski definition) is 1. The molecule has 23 heavy (non-hydrogen) atoms. The topological polar surface area (TPSA) is 75.7 Å². The Bertz CT molecular complexity index is 553. The van der Waals surface area contributed by atoms with E-state index < -0.39 is 22.0 Å². The summed E-state index contributed by atoms with van der Waals surface area (Å²) in [6.07, 6.45) is 1.09. The molecule has 0 aromatic carbocycles. The maximum atomic E-state index is 12.9. The lowest BCUT2D eigenvalue weighted by molar-refractivity contribution is -0.149. The van der Waals surface area contributed by atoms with E-state index in [9.17, 15) is 14.4 Å². The average molecular weight is 322 g/mol. The Morgan fingerprint density at radius 2 is 1.78 bits per heavy atom. The molecule has 2 aliphatic carbocycles. The Morgan fingerprint density at radius 1 is 1.13 bits per heavy atom. The first-order chi connectivity index (χ1) is 10.8. The van der Waals surface area contributed by atoms with Crippen molar-refractivity contribution in [3.8, 4) is 0 Å².